The molecule has 8 aromatic carbocycles. The molecule has 0 saturated carbocycles. The number of hydrogen-bond donors (Lipinski definition) is 0. The molecule has 0 amide bonds. The Balaban J connectivity index is 1.11. The van der Waals surface area contributed by atoms with Crippen molar-refractivity contribution in [2.24, 2.45) is 0 Å². The summed E-state index contributed by atoms with van der Waals surface area (Å²) in [6.45, 7) is 0. The predicted molar refractivity (Wildman–Crippen MR) is 223 cm³/mol. The molecular formula is C51H40N2. The van der Waals surface area contributed by atoms with Crippen LogP contribution in [0.1, 0.15) is 35.1 Å². The lowest BCUT2D eigenvalue weighted by Gasteiger charge is -2.32. The molecule has 0 aliphatic heterocycles. The molecule has 2 heteroatoms. The van der Waals surface area contributed by atoms with Crippen LogP contribution in [0.2, 0.25) is 0 Å². The average molecular weight is 681 g/mol. The van der Waals surface area contributed by atoms with Gasteiger partial charge < -0.3 is 9.80 Å². The second-order valence-corrected chi connectivity index (χ2v) is 14.5. The minimum atomic E-state index is -0.0165. The summed E-state index contributed by atoms with van der Waals surface area (Å²) in [7, 11) is 0. The number of hydrogen-bond acceptors (Lipinski definition) is 2. The Kier molecular flexibility index (Phi) is 7.69. The fraction of sp³-hybridized carbons (Fsp3) is 0.0980. The highest BCUT2D eigenvalue weighted by Crippen LogP contribution is 2.55. The molecule has 53 heavy (non-hydrogen) atoms. The minimum Gasteiger partial charge on any atom is -0.310 e. The van der Waals surface area contributed by atoms with Crippen molar-refractivity contribution in [2.75, 3.05) is 9.80 Å². The Labute approximate surface area is 312 Å². The highest BCUT2D eigenvalue weighted by molar-refractivity contribution is 5.99. The number of fused-ring (bicyclic) bond motifs is 5. The van der Waals surface area contributed by atoms with Crippen LogP contribution in [0.25, 0.3) is 21.9 Å². The molecule has 0 saturated heterocycles. The molecule has 0 aromatic heterocycles. The van der Waals surface area contributed by atoms with Crippen molar-refractivity contribution in [1.29, 1.82) is 0 Å². The predicted octanol–water partition coefficient (Wildman–Crippen LogP) is 13.6. The molecule has 0 heterocycles. The van der Waals surface area contributed by atoms with Crippen LogP contribution in [0.15, 0.2) is 194 Å². The van der Waals surface area contributed by atoms with Gasteiger partial charge in [0.05, 0.1) is 5.69 Å². The van der Waals surface area contributed by atoms with Crippen molar-refractivity contribution >= 4 is 44.9 Å². The second kappa shape index (κ2) is 13.0. The van der Waals surface area contributed by atoms with E-state index in [1.807, 2.05) is 0 Å². The van der Waals surface area contributed by atoms with Crippen LogP contribution in [-0.4, -0.2) is 0 Å². The standard InChI is InChI=1S/C51H40N2/c1-4-13-37(14-5-1)38-23-27-44(28-24-38)53(50-22-12-16-39-15-10-11-21-47(39)50)46-30-26-41-32-34-51(49(41)36-46)33-31-40-25-29-45(35-48(40)51)52(42-17-6-2-7-18-42)43-19-8-3-9-20-43/h1-30,35-36H,31-34H2/t51-/m1/s1. The first-order valence-electron chi connectivity index (χ1n) is 18.9. The van der Waals surface area contributed by atoms with Crippen LogP contribution < -0.4 is 9.80 Å². The number of nitrogens with zero attached hydrogens (tertiary/aromatic N) is 2. The van der Waals surface area contributed by atoms with E-state index in [2.05, 4.69) is 204 Å². The van der Waals surface area contributed by atoms with Crippen molar-refractivity contribution in [3.63, 3.8) is 0 Å². The molecule has 0 N–H and O–H groups in total. The molecule has 0 bridgehead atoms. The lowest BCUT2D eigenvalue weighted by Crippen LogP contribution is -2.22. The van der Waals surface area contributed by atoms with Crippen molar-refractivity contribution in [2.45, 2.75) is 31.1 Å². The topological polar surface area (TPSA) is 6.48 Å². The molecule has 2 aliphatic rings. The Bertz CT molecular complexity index is 2510. The van der Waals surface area contributed by atoms with Gasteiger partial charge in [-0.15, -0.1) is 0 Å². The Morgan fingerprint density at radius 2 is 0.830 bits per heavy atom. The van der Waals surface area contributed by atoms with E-state index < -0.39 is 0 Å². The quantitative estimate of drug-likeness (QED) is 0.165. The lowest BCUT2D eigenvalue weighted by atomic mass is 9.76. The molecule has 10 rings (SSSR count). The molecule has 8 aromatic rings. The third-order valence-corrected chi connectivity index (χ3v) is 11.6. The third kappa shape index (κ3) is 5.41. The van der Waals surface area contributed by atoms with Crippen LogP contribution in [0.4, 0.5) is 34.1 Å². The zero-order valence-electron chi connectivity index (χ0n) is 29.7. The van der Waals surface area contributed by atoms with Gasteiger partial charge in [0.1, 0.15) is 0 Å². The number of rotatable bonds is 7. The Morgan fingerprint density at radius 3 is 1.45 bits per heavy atom. The molecule has 0 radical (unpaired) electrons. The van der Waals surface area contributed by atoms with E-state index in [0.29, 0.717) is 0 Å². The van der Waals surface area contributed by atoms with Gasteiger partial charge >= 0.3 is 0 Å². The average Bonchev–Trinajstić information content (AvgIpc) is 3.80. The first-order valence-corrected chi connectivity index (χ1v) is 18.9. The fourth-order valence-electron chi connectivity index (χ4n) is 9.10. The highest BCUT2D eigenvalue weighted by Gasteiger charge is 2.45. The van der Waals surface area contributed by atoms with Crippen LogP contribution in [-0.2, 0) is 18.3 Å². The fourth-order valence-corrected chi connectivity index (χ4v) is 9.10. The maximum Gasteiger partial charge on any atom is 0.0540 e. The van der Waals surface area contributed by atoms with E-state index in [4.69, 9.17) is 0 Å². The van der Waals surface area contributed by atoms with E-state index >= 15 is 0 Å². The summed E-state index contributed by atoms with van der Waals surface area (Å²) in [5, 5.41) is 2.49. The van der Waals surface area contributed by atoms with Crippen molar-refractivity contribution in [1.82, 2.24) is 0 Å². The monoisotopic (exact) mass is 680 g/mol. The summed E-state index contributed by atoms with van der Waals surface area (Å²) < 4.78 is 0. The van der Waals surface area contributed by atoms with Gasteiger partial charge in [0.2, 0.25) is 0 Å². The van der Waals surface area contributed by atoms with E-state index in [1.54, 1.807) is 0 Å². The zero-order valence-corrected chi connectivity index (χ0v) is 29.7. The number of benzene rings is 8. The molecular weight excluding hydrogens is 641 g/mol. The maximum absolute atomic E-state index is 2.53. The Morgan fingerprint density at radius 1 is 0.358 bits per heavy atom. The maximum atomic E-state index is 2.53. The van der Waals surface area contributed by atoms with Gasteiger partial charge in [0.25, 0.3) is 0 Å². The van der Waals surface area contributed by atoms with Gasteiger partial charge in [-0.1, -0.05) is 127 Å². The number of para-hydroxylation sites is 2. The zero-order chi connectivity index (χ0) is 35.2. The highest BCUT2D eigenvalue weighted by atomic mass is 15.1. The van der Waals surface area contributed by atoms with Crippen molar-refractivity contribution in [3.05, 3.63) is 216 Å². The van der Waals surface area contributed by atoms with Gasteiger partial charge in [-0.25, -0.2) is 0 Å². The second-order valence-electron chi connectivity index (χ2n) is 14.5. The van der Waals surface area contributed by atoms with E-state index in [9.17, 15) is 0 Å². The largest absolute Gasteiger partial charge is 0.310 e. The smallest absolute Gasteiger partial charge is 0.0540 e. The summed E-state index contributed by atoms with van der Waals surface area (Å²) in [6, 6.07) is 71.3. The normalized spacial score (nSPS) is 15.7. The first kappa shape index (κ1) is 31.4. The van der Waals surface area contributed by atoms with E-state index in [1.165, 1.54) is 72.6 Å². The van der Waals surface area contributed by atoms with Gasteiger partial charge in [0.15, 0.2) is 0 Å². The summed E-state index contributed by atoms with van der Waals surface area (Å²) in [6.07, 6.45) is 4.47. The first-order chi connectivity index (χ1) is 26.2. The molecule has 254 valence electrons. The van der Waals surface area contributed by atoms with Crippen molar-refractivity contribution < 1.29 is 0 Å². The molecule has 2 nitrogen and oxygen atoms in total. The molecule has 1 atom stereocenters. The van der Waals surface area contributed by atoms with Crippen LogP contribution >= 0.6 is 0 Å². The van der Waals surface area contributed by atoms with Gasteiger partial charge in [-0.2, -0.15) is 0 Å². The third-order valence-electron chi connectivity index (χ3n) is 11.6. The lowest BCUT2D eigenvalue weighted by molar-refractivity contribution is 0.507. The molecule has 0 fully saturated rings. The van der Waals surface area contributed by atoms with Crippen molar-refractivity contribution in [3.8, 4) is 11.1 Å². The van der Waals surface area contributed by atoms with Crippen LogP contribution in [0.5, 0.6) is 0 Å². The molecule has 0 unspecified atom stereocenters. The summed E-state index contributed by atoms with van der Waals surface area (Å²) in [5.41, 5.74) is 15.5. The van der Waals surface area contributed by atoms with Gasteiger partial charge in [-0.05, 0) is 131 Å². The minimum absolute atomic E-state index is 0.0165. The van der Waals surface area contributed by atoms with Crippen LogP contribution in [0.3, 0.4) is 0 Å². The van der Waals surface area contributed by atoms with Crippen LogP contribution in [0, 0.1) is 0 Å². The SMILES string of the molecule is c1ccc(-c2ccc(N(c3ccc4c(c3)[C@]3(CCc5ccc(N(c6ccccc6)c6ccccc6)cc53)CC4)c3cccc4ccccc34)cc2)cc1. The van der Waals surface area contributed by atoms with E-state index in [0.717, 1.165) is 31.4 Å². The summed E-state index contributed by atoms with van der Waals surface area (Å²) in [5.74, 6) is 0. The number of anilines is 6. The summed E-state index contributed by atoms with van der Waals surface area (Å²) in [4.78, 5) is 4.88. The number of aryl methyl sites for hydroxylation is 2. The van der Waals surface area contributed by atoms with Gasteiger partial charge in [-0.3, -0.25) is 0 Å². The summed E-state index contributed by atoms with van der Waals surface area (Å²) >= 11 is 0. The van der Waals surface area contributed by atoms with E-state index in [-0.39, 0.29) is 5.41 Å². The Hall–Kier alpha value is -6.38. The van der Waals surface area contributed by atoms with Gasteiger partial charge in [0, 0.05) is 39.2 Å². The molecule has 1 spiro atoms. The molecule has 2 aliphatic carbocycles.